The Morgan fingerprint density at radius 3 is 2.63 bits per heavy atom. The number of fused-ring (bicyclic) bond motifs is 2. The van der Waals surface area contributed by atoms with E-state index in [0.717, 1.165) is 33.4 Å². The highest BCUT2D eigenvalue weighted by atomic mass is 32.1. The zero-order valence-electron chi connectivity index (χ0n) is 21.7. The van der Waals surface area contributed by atoms with Crippen molar-refractivity contribution in [3.8, 4) is 33.0 Å². The SMILES string of the molecule is Cc1ccc(-c2cccc3[nH]c(-c4[nH]nc5ncc(-c6cncc(NC(=O)CC(C)(C)C)c6)cc45)cc23)s1. The molecule has 6 aromatic rings. The number of aromatic nitrogens is 5. The van der Waals surface area contributed by atoms with E-state index in [-0.39, 0.29) is 11.3 Å². The van der Waals surface area contributed by atoms with Crippen LogP contribution in [0, 0.1) is 12.3 Å². The molecule has 7 nitrogen and oxygen atoms in total. The lowest BCUT2D eigenvalue weighted by molar-refractivity contribution is -0.117. The van der Waals surface area contributed by atoms with Crippen molar-refractivity contribution in [2.75, 3.05) is 5.32 Å². The molecule has 0 fully saturated rings. The number of pyridine rings is 2. The first-order valence-electron chi connectivity index (χ1n) is 12.5. The molecule has 0 aliphatic rings. The molecule has 5 heterocycles. The second-order valence-corrected chi connectivity index (χ2v) is 12.1. The molecule has 0 unspecified atom stereocenters. The number of nitrogens with one attached hydrogen (secondary N) is 3. The molecule has 0 radical (unpaired) electrons. The number of benzene rings is 1. The number of nitrogens with zero attached hydrogens (tertiary/aromatic N) is 3. The van der Waals surface area contributed by atoms with Crippen LogP contribution in [0.25, 0.3) is 54.9 Å². The maximum atomic E-state index is 12.4. The summed E-state index contributed by atoms with van der Waals surface area (Å²) in [7, 11) is 0. The lowest BCUT2D eigenvalue weighted by atomic mass is 9.92. The molecule has 0 bridgehead atoms. The molecule has 1 aromatic carbocycles. The van der Waals surface area contributed by atoms with E-state index < -0.39 is 0 Å². The van der Waals surface area contributed by atoms with Crippen molar-refractivity contribution in [2.45, 2.75) is 34.1 Å². The van der Waals surface area contributed by atoms with E-state index in [1.54, 1.807) is 29.9 Å². The van der Waals surface area contributed by atoms with Crippen LogP contribution in [0.1, 0.15) is 32.1 Å². The fourth-order valence-electron chi connectivity index (χ4n) is 4.70. The number of anilines is 1. The first kappa shape index (κ1) is 24.1. The van der Waals surface area contributed by atoms with Gasteiger partial charge in [0.1, 0.15) is 0 Å². The van der Waals surface area contributed by atoms with Crippen molar-refractivity contribution in [3.63, 3.8) is 0 Å². The van der Waals surface area contributed by atoms with Gasteiger partial charge < -0.3 is 10.3 Å². The minimum atomic E-state index is -0.0894. The first-order chi connectivity index (χ1) is 18.2. The smallest absolute Gasteiger partial charge is 0.224 e. The zero-order chi connectivity index (χ0) is 26.4. The number of H-pyrrole nitrogens is 2. The average molecular weight is 521 g/mol. The van der Waals surface area contributed by atoms with E-state index in [1.165, 1.54) is 20.7 Å². The summed E-state index contributed by atoms with van der Waals surface area (Å²) in [5.74, 6) is -0.0296. The van der Waals surface area contributed by atoms with Gasteiger partial charge in [-0.3, -0.25) is 14.9 Å². The van der Waals surface area contributed by atoms with Crippen molar-refractivity contribution in [1.82, 2.24) is 25.1 Å². The van der Waals surface area contributed by atoms with E-state index in [4.69, 9.17) is 0 Å². The van der Waals surface area contributed by atoms with Crippen LogP contribution in [0.4, 0.5) is 5.69 Å². The number of amides is 1. The number of carbonyl (C=O) groups is 1. The lowest BCUT2D eigenvalue weighted by Gasteiger charge is -2.17. The normalized spacial score (nSPS) is 11.9. The summed E-state index contributed by atoms with van der Waals surface area (Å²) in [6.45, 7) is 8.26. The van der Waals surface area contributed by atoms with Crippen molar-refractivity contribution in [2.24, 2.45) is 5.41 Å². The summed E-state index contributed by atoms with van der Waals surface area (Å²) >= 11 is 1.80. The van der Waals surface area contributed by atoms with E-state index >= 15 is 0 Å². The van der Waals surface area contributed by atoms with Crippen LogP contribution in [0.2, 0.25) is 0 Å². The number of rotatable bonds is 5. The topological polar surface area (TPSA) is 99.3 Å². The van der Waals surface area contributed by atoms with E-state index in [0.29, 0.717) is 17.8 Å². The predicted molar refractivity (Wildman–Crippen MR) is 155 cm³/mol. The molecule has 6 rings (SSSR count). The van der Waals surface area contributed by atoms with Crippen molar-refractivity contribution in [1.29, 1.82) is 0 Å². The Labute approximate surface area is 224 Å². The third kappa shape index (κ3) is 4.70. The number of hydrogen-bond acceptors (Lipinski definition) is 5. The third-order valence-electron chi connectivity index (χ3n) is 6.40. The second kappa shape index (κ2) is 9.22. The van der Waals surface area contributed by atoms with Crippen molar-refractivity contribution in [3.05, 3.63) is 72.0 Å². The van der Waals surface area contributed by atoms with Crippen LogP contribution in [0.3, 0.4) is 0 Å². The quantitative estimate of drug-likeness (QED) is 0.218. The van der Waals surface area contributed by atoms with Gasteiger partial charge in [-0.2, -0.15) is 5.10 Å². The first-order valence-corrected chi connectivity index (χ1v) is 13.3. The number of carbonyl (C=O) groups excluding carboxylic acids is 1. The van der Waals surface area contributed by atoms with Crippen molar-refractivity contribution >= 4 is 44.9 Å². The highest BCUT2D eigenvalue weighted by Crippen LogP contribution is 2.37. The Morgan fingerprint density at radius 2 is 1.84 bits per heavy atom. The van der Waals surface area contributed by atoms with Gasteiger partial charge >= 0.3 is 0 Å². The largest absolute Gasteiger partial charge is 0.353 e. The van der Waals surface area contributed by atoms with Gasteiger partial charge in [-0.05, 0) is 48.7 Å². The van der Waals surface area contributed by atoms with Crippen LogP contribution >= 0.6 is 11.3 Å². The molecular weight excluding hydrogens is 492 g/mol. The molecule has 0 saturated carbocycles. The molecule has 1 amide bonds. The lowest BCUT2D eigenvalue weighted by Crippen LogP contribution is -2.19. The molecule has 190 valence electrons. The Hall–Kier alpha value is -4.30. The second-order valence-electron chi connectivity index (χ2n) is 10.8. The molecule has 0 aliphatic carbocycles. The maximum Gasteiger partial charge on any atom is 0.224 e. The number of thiophene rings is 1. The zero-order valence-corrected chi connectivity index (χ0v) is 22.5. The number of hydrogen-bond donors (Lipinski definition) is 3. The van der Waals surface area contributed by atoms with Crippen LogP contribution in [0.5, 0.6) is 0 Å². The van der Waals surface area contributed by atoms with Gasteiger partial charge in [0.15, 0.2) is 5.65 Å². The standard InChI is InChI=1S/C30H28N6OS/c1-17-8-9-26(38-17)21-6-5-7-24-22(21)12-25(34-24)28-23-11-19(15-32-29(23)36-35-28)18-10-20(16-31-14-18)33-27(37)13-30(2,3)4/h5-12,14-16,34H,13H2,1-4H3,(H,33,37)(H,32,35,36). The van der Waals surface area contributed by atoms with Gasteiger partial charge in [0.25, 0.3) is 0 Å². The summed E-state index contributed by atoms with van der Waals surface area (Å²) < 4.78 is 0. The van der Waals surface area contributed by atoms with E-state index in [9.17, 15) is 4.79 Å². The molecule has 0 atom stereocenters. The van der Waals surface area contributed by atoms with E-state index in [1.807, 2.05) is 26.8 Å². The minimum Gasteiger partial charge on any atom is -0.353 e. The van der Waals surface area contributed by atoms with Crippen LogP contribution < -0.4 is 5.32 Å². The number of aryl methyl sites for hydroxylation is 1. The summed E-state index contributed by atoms with van der Waals surface area (Å²) in [6, 6.07) is 16.8. The molecule has 3 N–H and O–H groups in total. The highest BCUT2D eigenvalue weighted by Gasteiger charge is 2.17. The minimum absolute atomic E-state index is 0.0296. The molecule has 0 spiro atoms. The summed E-state index contributed by atoms with van der Waals surface area (Å²) in [6.07, 6.45) is 5.66. The molecule has 5 aromatic heterocycles. The van der Waals surface area contributed by atoms with Gasteiger partial charge in [-0.1, -0.05) is 32.9 Å². The predicted octanol–water partition coefficient (Wildman–Crippen LogP) is 7.58. The van der Waals surface area contributed by atoms with Gasteiger partial charge in [-0.15, -0.1) is 11.3 Å². The average Bonchev–Trinajstić information content (AvgIpc) is 3.60. The Bertz CT molecular complexity index is 1800. The van der Waals surface area contributed by atoms with Crippen LogP contribution in [-0.4, -0.2) is 31.1 Å². The van der Waals surface area contributed by atoms with E-state index in [2.05, 4.69) is 79.9 Å². The Balaban J connectivity index is 1.36. The Kier molecular flexibility index (Phi) is 5.84. The summed E-state index contributed by atoms with van der Waals surface area (Å²) in [5, 5.41) is 12.7. The van der Waals surface area contributed by atoms with Gasteiger partial charge in [0.2, 0.25) is 5.91 Å². The monoisotopic (exact) mass is 520 g/mol. The number of aromatic amines is 2. The van der Waals surface area contributed by atoms with Gasteiger partial charge in [0, 0.05) is 61.5 Å². The summed E-state index contributed by atoms with van der Waals surface area (Å²) in [5.41, 5.74) is 7.08. The molecule has 0 aliphatic heterocycles. The molecule has 38 heavy (non-hydrogen) atoms. The molecule has 8 heteroatoms. The highest BCUT2D eigenvalue weighted by molar-refractivity contribution is 7.15. The van der Waals surface area contributed by atoms with Crippen molar-refractivity contribution < 1.29 is 4.79 Å². The van der Waals surface area contributed by atoms with Crippen LogP contribution in [-0.2, 0) is 4.79 Å². The fraction of sp³-hybridized carbons (Fsp3) is 0.200. The summed E-state index contributed by atoms with van der Waals surface area (Å²) in [4.78, 5) is 27.5. The maximum absolute atomic E-state index is 12.4. The molecule has 0 saturated heterocycles. The van der Waals surface area contributed by atoms with Gasteiger partial charge in [0.05, 0.1) is 23.3 Å². The van der Waals surface area contributed by atoms with Gasteiger partial charge in [-0.25, -0.2) is 4.98 Å². The fourth-order valence-corrected chi connectivity index (χ4v) is 5.61. The van der Waals surface area contributed by atoms with Crippen LogP contribution in [0.15, 0.2) is 67.1 Å². The molecular formula is C30H28N6OS. The Morgan fingerprint density at radius 1 is 1.00 bits per heavy atom. The third-order valence-corrected chi connectivity index (χ3v) is 7.43.